The van der Waals surface area contributed by atoms with Gasteiger partial charge in [0.2, 0.25) is 5.91 Å². The van der Waals surface area contributed by atoms with Crippen molar-refractivity contribution in [3.8, 4) is 0 Å². The zero-order valence-electron chi connectivity index (χ0n) is 8.28. The molecular formula is C11H16N2O. The summed E-state index contributed by atoms with van der Waals surface area (Å²) in [5.41, 5.74) is 0. The van der Waals surface area contributed by atoms with E-state index in [4.69, 9.17) is 0 Å². The summed E-state index contributed by atoms with van der Waals surface area (Å²) < 4.78 is 0. The molecule has 0 bridgehead atoms. The number of amides is 1. The number of hydrogen-bond donors (Lipinski definition) is 1. The molecule has 0 saturated carbocycles. The van der Waals surface area contributed by atoms with E-state index in [9.17, 15) is 4.79 Å². The third-order valence-electron chi connectivity index (χ3n) is 1.39. The van der Waals surface area contributed by atoms with Gasteiger partial charge in [0.05, 0.1) is 0 Å². The number of carbonyl (C=O) groups excluding carboxylic acids is 1. The van der Waals surface area contributed by atoms with Crippen LogP contribution in [0.15, 0.2) is 42.5 Å². The Morgan fingerprint density at radius 3 is 2.79 bits per heavy atom. The van der Waals surface area contributed by atoms with E-state index in [1.807, 2.05) is 12.2 Å². The molecule has 0 aromatic rings. The molecule has 0 saturated heterocycles. The predicted molar refractivity (Wildman–Crippen MR) is 60.5 cm³/mol. The summed E-state index contributed by atoms with van der Waals surface area (Å²) >= 11 is 0. The van der Waals surface area contributed by atoms with E-state index in [1.54, 1.807) is 12.3 Å². The van der Waals surface area contributed by atoms with E-state index in [1.165, 1.54) is 6.08 Å². The van der Waals surface area contributed by atoms with Gasteiger partial charge in [0.25, 0.3) is 0 Å². The number of nitrogens with zero attached hydrogens (tertiary/aromatic N) is 1. The smallest absolute Gasteiger partial charge is 0.243 e. The number of nitrogens with one attached hydrogen (secondary N) is 1. The van der Waals surface area contributed by atoms with Gasteiger partial charge in [-0.3, -0.25) is 9.79 Å². The molecule has 14 heavy (non-hydrogen) atoms. The van der Waals surface area contributed by atoms with Crippen LogP contribution < -0.4 is 5.32 Å². The van der Waals surface area contributed by atoms with Gasteiger partial charge in [-0.25, -0.2) is 0 Å². The first-order valence-electron chi connectivity index (χ1n) is 4.49. The monoisotopic (exact) mass is 192 g/mol. The van der Waals surface area contributed by atoms with Crippen molar-refractivity contribution in [2.75, 3.05) is 13.1 Å². The zero-order chi connectivity index (χ0) is 10.6. The molecule has 0 rings (SSSR count). The van der Waals surface area contributed by atoms with Crippen molar-refractivity contribution < 1.29 is 4.79 Å². The highest BCUT2D eigenvalue weighted by atomic mass is 16.1. The van der Waals surface area contributed by atoms with Gasteiger partial charge in [0.15, 0.2) is 0 Å². The van der Waals surface area contributed by atoms with Gasteiger partial charge >= 0.3 is 0 Å². The van der Waals surface area contributed by atoms with Gasteiger partial charge < -0.3 is 5.32 Å². The molecule has 0 heterocycles. The standard InChI is InChI=1S/C11H16N2O/c1-3-5-6-8-12-9-7-10-13-11(14)4-2/h3-6,8H,1-2,7,9-10H2,(H,13,14)/b6-5-,12-8+. The third-order valence-corrected chi connectivity index (χ3v) is 1.39. The van der Waals surface area contributed by atoms with E-state index in [0.717, 1.165) is 6.42 Å². The Labute approximate surface area is 84.9 Å². The van der Waals surface area contributed by atoms with Gasteiger partial charge in [-0.05, 0) is 18.6 Å². The fraction of sp³-hybridized carbons (Fsp3) is 0.273. The number of aliphatic imine (C=N–C) groups is 1. The molecule has 0 radical (unpaired) electrons. The fourth-order valence-electron chi connectivity index (χ4n) is 0.718. The number of carbonyl (C=O) groups is 1. The minimum Gasteiger partial charge on any atom is -0.353 e. The lowest BCUT2D eigenvalue weighted by Gasteiger charge is -1.98. The normalized spacial score (nSPS) is 10.6. The number of hydrogen-bond acceptors (Lipinski definition) is 2. The Kier molecular flexibility index (Phi) is 8.34. The largest absolute Gasteiger partial charge is 0.353 e. The van der Waals surface area contributed by atoms with Crippen molar-refractivity contribution in [2.45, 2.75) is 6.42 Å². The van der Waals surface area contributed by atoms with Gasteiger partial charge in [-0.2, -0.15) is 0 Å². The fourth-order valence-corrected chi connectivity index (χ4v) is 0.718. The molecule has 0 unspecified atom stereocenters. The molecule has 0 aliphatic rings. The summed E-state index contributed by atoms with van der Waals surface area (Å²) in [5, 5.41) is 2.67. The summed E-state index contributed by atoms with van der Waals surface area (Å²) in [6.45, 7) is 8.22. The maximum Gasteiger partial charge on any atom is 0.243 e. The second-order valence-electron chi connectivity index (χ2n) is 2.52. The summed E-state index contributed by atoms with van der Waals surface area (Å²) in [6, 6.07) is 0. The topological polar surface area (TPSA) is 41.5 Å². The first kappa shape index (κ1) is 12.4. The van der Waals surface area contributed by atoms with E-state index < -0.39 is 0 Å². The second kappa shape index (κ2) is 9.45. The molecule has 0 fully saturated rings. The van der Waals surface area contributed by atoms with Crippen LogP contribution in [0, 0.1) is 0 Å². The second-order valence-corrected chi connectivity index (χ2v) is 2.52. The first-order chi connectivity index (χ1) is 6.81. The van der Waals surface area contributed by atoms with E-state index in [-0.39, 0.29) is 5.91 Å². The maximum atomic E-state index is 10.7. The molecular weight excluding hydrogens is 176 g/mol. The molecule has 1 amide bonds. The number of rotatable bonds is 7. The van der Waals surface area contributed by atoms with Crippen LogP contribution in [0.5, 0.6) is 0 Å². The Morgan fingerprint density at radius 2 is 2.14 bits per heavy atom. The molecule has 0 atom stereocenters. The maximum absolute atomic E-state index is 10.7. The van der Waals surface area contributed by atoms with Gasteiger partial charge in [0.1, 0.15) is 0 Å². The highest BCUT2D eigenvalue weighted by Crippen LogP contribution is 1.79. The van der Waals surface area contributed by atoms with Crippen LogP contribution in [0.25, 0.3) is 0 Å². The average Bonchev–Trinajstić information content (AvgIpc) is 2.21. The summed E-state index contributed by atoms with van der Waals surface area (Å²) in [4.78, 5) is 14.8. The first-order valence-corrected chi connectivity index (χ1v) is 4.49. The van der Waals surface area contributed by atoms with Crippen molar-refractivity contribution >= 4 is 12.1 Å². The number of allylic oxidation sites excluding steroid dienone is 3. The van der Waals surface area contributed by atoms with Crippen molar-refractivity contribution in [1.82, 2.24) is 5.32 Å². The lowest BCUT2D eigenvalue weighted by molar-refractivity contribution is -0.116. The highest BCUT2D eigenvalue weighted by molar-refractivity contribution is 5.86. The predicted octanol–water partition coefficient (Wildman–Crippen LogP) is 1.49. The van der Waals surface area contributed by atoms with Crippen LogP contribution in [0.1, 0.15) is 6.42 Å². The molecule has 0 aliphatic carbocycles. The summed E-state index contributed by atoms with van der Waals surface area (Å²) in [5.74, 6) is -0.138. The highest BCUT2D eigenvalue weighted by Gasteiger charge is 1.90. The van der Waals surface area contributed by atoms with Gasteiger partial charge in [-0.15, -0.1) is 0 Å². The molecule has 0 aromatic heterocycles. The van der Waals surface area contributed by atoms with Gasteiger partial charge in [0, 0.05) is 19.3 Å². The van der Waals surface area contributed by atoms with E-state index >= 15 is 0 Å². The lowest BCUT2D eigenvalue weighted by atomic mass is 10.4. The summed E-state index contributed by atoms with van der Waals surface area (Å²) in [6.07, 6.45) is 9.12. The van der Waals surface area contributed by atoms with E-state index in [0.29, 0.717) is 13.1 Å². The van der Waals surface area contributed by atoms with Crippen molar-refractivity contribution in [3.05, 3.63) is 37.5 Å². The zero-order valence-corrected chi connectivity index (χ0v) is 8.28. The molecule has 76 valence electrons. The minimum atomic E-state index is -0.138. The van der Waals surface area contributed by atoms with E-state index in [2.05, 4.69) is 23.5 Å². The summed E-state index contributed by atoms with van der Waals surface area (Å²) in [7, 11) is 0. The van der Waals surface area contributed by atoms with Crippen LogP contribution in [0.3, 0.4) is 0 Å². The van der Waals surface area contributed by atoms with Crippen molar-refractivity contribution in [3.63, 3.8) is 0 Å². The SMILES string of the molecule is C=C/C=C\C=N\CCCNC(=O)C=C. The quantitative estimate of drug-likeness (QED) is 0.282. The molecule has 3 heteroatoms. The Morgan fingerprint density at radius 1 is 1.36 bits per heavy atom. The van der Waals surface area contributed by atoms with Crippen molar-refractivity contribution in [1.29, 1.82) is 0 Å². The lowest BCUT2D eigenvalue weighted by Crippen LogP contribution is -2.22. The Bertz CT molecular complexity index is 242. The van der Waals surface area contributed by atoms with Crippen LogP contribution in [-0.2, 0) is 4.79 Å². The van der Waals surface area contributed by atoms with Gasteiger partial charge in [-0.1, -0.05) is 25.3 Å². The van der Waals surface area contributed by atoms with Crippen LogP contribution in [0.2, 0.25) is 0 Å². The molecule has 0 aromatic carbocycles. The Hall–Kier alpha value is -1.64. The molecule has 0 aliphatic heterocycles. The molecule has 0 spiro atoms. The Balaban J connectivity index is 3.33. The minimum absolute atomic E-state index is 0.138. The van der Waals surface area contributed by atoms with Crippen LogP contribution in [-0.4, -0.2) is 25.2 Å². The molecule has 1 N–H and O–H groups in total. The van der Waals surface area contributed by atoms with Crippen molar-refractivity contribution in [2.24, 2.45) is 4.99 Å². The van der Waals surface area contributed by atoms with Crippen LogP contribution >= 0.6 is 0 Å². The third kappa shape index (κ3) is 8.46. The molecule has 3 nitrogen and oxygen atoms in total. The average molecular weight is 192 g/mol. The van der Waals surface area contributed by atoms with Crippen LogP contribution in [0.4, 0.5) is 0 Å².